The van der Waals surface area contributed by atoms with Crippen molar-refractivity contribution in [3.63, 3.8) is 0 Å². The van der Waals surface area contributed by atoms with Crippen LogP contribution in [0.15, 0.2) is 77.7 Å². The second kappa shape index (κ2) is 7.37. The first kappa shape index (κ1) is 18.1. The summed E-state index contributed by atoms with van der Waals surface area (Å²) in [4.78, 5) is 24.1. The molecular weight excluding hydrogens is 370 g/mol. The average molecular weight is 387 g/mol. The molecule has 0 unspecified atom stereocenters. The van der Waals surface area contributed by atoms with Gasteiger partial charge in [-0.15, -0.1) is 0 Å². The van der Waals surface area contributed by atoms with Crippen LogP contribution in [0.5, 0.6) is 5.75 Å². The van der Waals surface area contributed by atoms with Gasteiger partial charge in [0.2, 0.25) is 0 Å². The number of allylic oxidation sites excluding steroid dienone is 1. The van der Waals surface area contributed by atoms with E-state index in [4.69, 9.17) is 0 Å². The second-order valence-corrected chi connectivity index (χ2v) is 7.43. The maximum atomic E-state index is 12.1. The summed E-state index contributed by atoms with van der Waals surface area (Å²) in [5.41, 5.74) is 4.57. The Labute approximate surface area is 166 Å². The number of amides is 2. The Morgan fingerprint density at radius 3 is 1.79 bits per heavy atom. The Hall–Kier alpha value is -3.31. The van der Waals surface area contributed by atoms with Gasteiger partial charge in [-0.3, -0.25) is 14.9 Å². The number of phenols is 1. The molecule has 0 aliphatic carbocycles. The van der Waals surface area contributed by atoms with Gasteiger partial charge in [-0.25, -0.2) is 0 Å². The van der Waals surface area contributed by atoms with Crippen molar-refractivity contribution in [2.45, 2.75) is 6.92 Å². The van der Waals surface area contributed by atoms with Crippen LogP contribution in [0.3, 0.4) is 0 Å². The molecule has 1 saturated heterocycles. The van der Waals surface area contributed by atoms with Crippen molar-refractivity contribution < 1.29 is 14.7 Å². The predicted octanol–water partition coefficient (Wildman–Crippen LogP) is 5.44. The van der Waals surface area contributed by atoms with Crippen molar-refractivity contribution in [1.29, 1.82) is 0 Å². The van der Waals surface area contributed by atoms with E-state index in [9.17, 15) is 14.7 Å². The third-order valence-corrected chi connectivity index (χ3v) is 5.65. The van der Waals surface area contributed by atoms with Gasteiger partial charge in [0, 0.05) is 11.1 Å². The summed E-state index contributed by atoms with van der Waals surface area (Å²) in [6.45, 7) is 1.82. The summed E-state index contributed by atoms with van der Waals surface area (Å²) >= 11 is 0.902. The molecule has 0 radical (unpaired) electrons. The van der Waals surface area contributed by atoms with Crippen LogP contribution in [-0.2, 0) is 4.79 Å². The van der Waals surface area contributed by atoms with Crippen LogP contribution in [0.4, 0.5) is 4.79 Å². The molecule has 0 atom stereocenters. The molecule has 4 nitrogen and oxygen atoms in total. The van der Waals surface area contributed by atoms with Gasteiger partial charge >= 0.3 is 0 Å². The molecule has 1 fully saturated rings. The summed E-state index contributed by atoms with van der Waals surface area (Å²) in [6, 6.07) is 22.9. The van der Waals surface area contributed by atoms with Crippen molar-refractivity contribution in [2.75, 3.05) is 0 Å². The highest BCUT2D eigenvalue weighted by Gasteiger charge is 2.28. The number of phenolic OH excluding ortho intramolecular Hbond substituents is 1. The van der Waals surface area contributed by atoms with Crippen molar-refractivity contribution in [2.24, 2.45) is 0 Å². The number of carbonyl (C=O) groups is 2. The fraction of sp³-hybridized carbons (Fsp3) is 0.0435. The lowest BCUT2D eigenvalue weighted by atomic mass is 9.92. The fourth-order valence-corrected chi connectivity index (χ4v) is 3.96. The van der Waals surface area contributed by atoms with Crippen LogP contribution >= 0.6 is 11.8 Å². The maximum absolute atomic E-state index is 12.1. The molecular formula is C23H17NO3S. The smallest absolute Gasteiger partial charge is 0.290 e. The second-order valence-electron chi connectivity index (χ2n) is 6.45. The number of imide groups is 1. The van der Waals surface area contributed by atoms with Gasteiger partial charge in [0.15, 0.2) is 0 Å². The van der Waals surface area contributed by atoms with E-state index in [1.807, 2.05) is 79.7 Å². The highest BCUT2D eigenvalue weighted by Crippen LogP contribution is 2.42. The lowest BCUT2D eigenvalue weighted by molar-refractivity contribution is -0.115. The topological polar surface area (TPSA) is 66.4 Å². The van der Waals surface area contributed by atoms with Gasteiger partial charge in [-0.2, -0.15) is 0 Å². The minimum absolute atomic E-state index is 0.179. The van der Waals surface area contributed by atoms with E-state index in [1.165, 1.54) is 0 Å². The molecule has 1 aliphatic heterocycles. The van der Waals surface area contributed by atoms with Gasteiger partial charge in [0.25, 0.3) is 11.1 Å². The van der Waals surface area contributed by atoms with Crippen LogP contribution in [-0.4, -0.2) is 16.3 Å². The van der Waals surface area contributed by atoms with Crippen molar-refractivity contribution in [3.05, 3.63) is 83.3 Å². The van der Waals surface area contributed by atoms with Crippen LogP contribution in [0.2, 0.25) is 0 Å². The van der Waals surface area contributed by atoms with Gasteiger partial charge in [0.05, 0.1) is 4.91 Å². The molecule has 138 valence electrons. The monoisotopic (exact) mass is 387 g/mol. The molecule has 2 amide bonds. The number of hydrogen-bond acceptors (Lipinski definition) is 4. The molecule has 0 bridgehead atoms. The molecule has 0 spiro atoms. The quantitative estimate of drug-likeness (QED) is 0.587. The van der Waals surface area contributed by atoms with E-state index in [2.05, 4.69) is 5.32 Å². The highest BCUT2D eigenvalue weighted by atomic mass is 32.2. The summed E-state index contributed by atoms with van der Waals surface area (Å²) in [7, 11) is 0. The maximum Gasteiger partial charge on any atom is 0.290 e. The number of hydrogen-bond donors (Lipinski definition) is 2. The van der Waals surface area contributed by atoms with E-state index in [1.54, 1.807) is 0 Å². The number of nitrogens with one attached hydrogen (secondary N) is 1. The van der Waals surface area contributed by atoms with E-state index in [0.717, 1.165) is 28.5 Å². The first-order chi connectivity index (χ1) is 13.5. The molecule has 2 N–H and O–H groups in total. The minimum atomic E-state index is -0.386. The molecule has 5 heteroatoms. The van der Waals surface area contributed by atoms with Crippen LogP contribution in [0.25, 0.3) is 27.8 Å². The molecule has 4 rings (SSSR count). The Kier molecular flexibility index (Phi) is 4.75. The van der Waals surface area contributed by atoms with Crippen LogP contribution in [0, 0.1) is 0 Å². The number of benzene rings is 3. The fourth-order valence-electron chi connectivity index (χ4n) is 3.22. The lowest BCUT2D eigenvalue weighted by Crippen LogP contribution is -2.18. The van der Waals surface area contributed by atoms with Gasteiger partial charge in [-0.1, -0.05) is 60.7 Å². The lowest BCUT2D eigenvalue weighted by Gasteiger charge is -2.15. The highest BCUT2D eigenvalue weighted by molar-refractivity contribution is 8.18. The Morgan fingerprint density at radius 1 is 0.857 bits per heavy atom. The number of rotatable bonds is 3. The summed E-state index contributed by atoms with van der Waals surface area (Å²) in [5, 5.41) is 12.9. The molecule has 3 aromatic carbocycles. The minimum Gasteiger partial charge on any atom is -0.507 e. The van der Waals surface area contributed by atoms with Crippen molar-refractivity contribution in [3.8, 4) is 28.0 Å². The SMILES string of the molecule is C/C(=C1/SC(=O)NC1=O)c1cc(-c2ccccc2)c(O)c(-c2ccccc2)c1. The molecule has 0 saturated carbocycles. The summed E-state index contributed by atoms with van der Waals surface area (Å²) in [5.74, 6) is -0.207. The average Bonchev–Trinajstić information content (AvgIpc) is 3.07. The van der Waals surface area contributed by atoms with Gasteiger partial charge in [0.1, 0.15) is 5.75 Å². The summed E-state index contributed by atoms with van der Waals surface area (Å²) < 4.78 is 0. The molecule has 0 aromatic heterocycles. The number of carbonyl (C=O) groups excluding carboxylic acids is 2. The first-order valence-electron chi connectivity index (χ1n) is 8.77. The Balaban J connectivity index is 1.96. The normalized spacial score (nSPS) is 15.5. The van der Waals surface area contributed by atoms with Gasteiger partial charge < -0.3 is 5.11 Å². The van der Waals surface area contributed by atoms with Crippen LogP contribution < -0.4 is 5.32 Å². The van der Waals surface area contributed by atoms with Crippen LogP contribution in [0.1, 0.15) is 12.5 Å². The molecule has 28 heavy (non-hydrogen) atoms. The predicted molar refractivity (Wildman–Crippen MR) is 113 cm³/mol. The Bertz CT molecular complexity index is 1040. The standard InChI is InChI=1S/C23H17NO3S/c1-14(21-22(26)24-23(27)28-21)17-12-18(15-8-4-2-5-9-15)20(25)19(13-17)16-10-6-3-7-11-16/h2-13,25H,1H3,(H,24,26,27)/b21-14-. The zero-order valence-corrected chi connectivity index (χ0v) is 15.9. The van der Waals surface area contributed by atoms with Gasteiger partial charge in [-0.05, 0) is 53.1 Å². The summed E-state index contributed by atoms with van der Waals surface area (Å²) in [6.07, 6.45) is 0. The number of thioether (sulfide) groups is 1. The van der Waals surface area contributed by atoms with E-state index in [-0.39, 0.29) is 16.9 Å². The Morgan fingerprint density at radius 2 is 1.36 bits per heavy atom. The largest absolute Gasteiger partial charge is 0.507 e. The van der Waals surface area contributed by atoms with E-state index >= 15 is 0 Å². The third-order valence-electron chi connectivity index (χ3n) is 4.67. The van der Waals surface area contributed by atoms with Crippen molar-refractivity contribution in [1.82, 2.24) is 5.32 Å². The van der Waals surface area contributed by atoms with Crippen molar-refractivity contribution >= 4 is 28.5 Å². The van der Waals surface area contributed by atoms with E-state index < -0.39 is 0 Å². The number of aromatic hydroxyl groups is 1. The van der Waals surface area contributed by atoms with E-state index in [0.29, 0.717) is 21.6 Å². The molecule has 1 heterocycles. The third kappa shape index (κ3) is 3.32. The molecule has 3 aromatic rings. The first-order valence-corrected chi connectivity index (χ1v) is 9.58. The zero-order valence-electron chi connectivity index (χ0n) is 15.1. The molecule has 1 aliphatic rings. The zero-order chi connectivity index (χ0) is 19.7.